The van der Waals surface area contributed by atoms with Crippen molar-refractivity contribution < 1.29 is 19.0 Å². The minimum Gasteiger partial charge on any atom is -0.490 e. The first-order valence-electron chi connectivity index (χ1n) is 9.37. The fourth-order valence-electron chi connectivity index (χ4n) is 2.81. The van der Waals surface area contributed by atoms with Gasteiger partial charge in [-0.1, -0.05) is 18.2 Å². The number of amides is 1. The SMILES string of the molecule is CCOc1ccc(C(=O)NCCOc2cccc3cccnc23)cc1OCC. The molecule has 1 heterocycles. The maximum atomic E-state index is 12.4. The van der Waals surface area contributed by atoms with Crippen LogP contribution in [0.15, 0.2) is 54.7 Å². The average molecular weight is 380 g/mol. The molecule has 0 unspecified atom stereocenters. The predicted molar refractivity (Wildman–Crippen MR) is 108 cm³/mol. The lowest BCUT2D eigenvalue weighted by Crippen LogP contribution is -2.28. The fourth-order valence-corrected chi connectivity index (χ4v) is 2.81. The van der Waals surface area contributed by atoms with E-state index in [9.17, 15) is 4.79 Å². The van der Waals surface area contributed by atoms with Gasteiger partial charge in [-0.15, -0.1) is 0 Å². The number of carbonyl (C=O) groups excluding carboxylic acids is 1. The number of pyridine rings is 1. The largest absolute Gasteiger partial charge is 0.490 e. The van der Waals surface area contributed by atoms with Gasteiger partial charge in [0.1, 0.15) is 17.9 Å². The topological polar surface area (TPSA) is 69.7 Å². The van der Waals surface area contributed by atoms with E-state index >= 15 is 0 Å². The van der Waals surface area contributed by atoms with Crippen molar-refractivity contribution in [2.75, 3.05) is 26.4 Å². The van der Waals surface area contributed by atoms with Crippen molar-refractivity contribution in [3.05, 3.63) is 60.3 Å². The molecule has 2 aromatic carbocycles. The summed E-state index contributed by atoms with van der Waals surface area (Å²) in [7, 11) is 0. The van der Waals surface area contributed by atoms with Gasteiger partial charge in [0, 0.05) is 17.1 Å². The van der Waals surface area contributed by atoms with E-state index in [1.165, 1.54) is 0 Å². The number of fused-ring (bicyclic) bond motifs is 1. The van der Waals surface area contributed by atoms with E-state index in [2.05, 4.69) is 10.3 Å². The number of carbonyl (C=O) groups is 1. The molecule has 1 N–H and O–H groups in total. The Labute approximate surface area is 164 Å². The monoisotopic (exact) mass is 380 g/mol. The van der Waals surface area contributed by atoms with Gasteiger partial charge in [-0.3, -0.25) is 9.78 Å². The molecule has 1 amide bonds. The normalized spacial score (nSPS) is 10.5. The quantitative estimate of drug-likeness (QED) is 0.571. The number of hydrogen-bond acceptors (Lipinski definition) is 5. The third kappa shape index (κ3) is 4.71. The highest BCUT2D eigenvalue weighted by atomic mass is 16.5. The number of aromatic nitrogens is 1. The zero-order valence-electron chi connectivity index (χ0n) is 16.1. The van der Waals surface area contributed by atoms with E-state index < -0.39 is 0 Å². The van der Waals surface area contributed by atoms with Crippen LogP contribution in [0.1, 0.15) is 24.2 Å². The van der Waals surface area contributed by atoms with Crippen molar-refractivity contribution in [2.24, 2.45) is 0 Å². The van der Waals surface area contributed by atoms with E-state index in [0.717, 1.165) is 10.9 Å². The lowest BCUT2D eigenvalue weighted by atomic mass is 10.2. The molecule has 28 heavy (non-hydrogen) atoms. The zero-order chi connectivity index (χ0) is 19.8. The standard InChI is InChI=1S/C22H24N2O4/c1-3-26-18-11-10-17(15-20(18)27-4-2)22(25)24-13-14-28-19-9-5-7-16-8-6-12-23-21(16)19/h5-12,15H,3-4,13-14H2,1-2H3,(H,24,25). The first kappa shape index (κ1) is 19.5. The fraction of sp³-hybridized carbons (Fsp3) is 0.273. The van der Waals surface area contributed by atoms with Gasteiger partial charge in [0.25, 0.3) is 5.91 Å². The third-order valence-corrected chi connectivity index (χ3v) is 4.05. The zero-order valence-corrected chi connectivity index (χ0v) is 16.1. The molecule has 3 rings (SSSR count). The van der Waals surface area contributed by atoms with Crippen LogP contribution in [-0.4, -0.2) is 37.3 Å². The van der Waals surface area contributed by atoms with Crippen molar-refractivity contribution in [3.8, 4) is 17.2 Å². The number of benzene rings is 2. The molecule has 0 aliphatic heterocycles. The first-order valence-corrected chi connectivity index (χ1v) is 9.37. The van der Waals surface area contributed by atoms with Crippen LogP contribution in [-0.2, 0) is 0 Å². The van der Waals surface area contributed by atoms with Gasteiger partial charge >= 0.3 is 0 Å². The molecule has 3 aromatic rings. The van der Waals surface area contributed by atoms with Crippen LogP contribution in [0.2, 0.25) is 0 Å². The maximum absolute atomic E-state index is 12.4. The summed E-state index contributed by atoms with van der Waals surface area (Å²) in [4.78, 5) is 16.8. The Kier molecular flexibility index (Phi) is 6.68. The Balaban J connectivity index is 1.57. The lowest BCUT2D eigenvalue weighted by Gasteiger charge is -2.13. The van der Waals surface area contributed by atoms with E-state index in [1.807, 2.05) is 44.2 Å². The van der Waals surface area contributed by atoms with Gasteiger partial charge in [-0.05, 0) is 44.2 Å². The molecular weight excluding hydrogens is 356 g/mol. The summed E-state index contributed by atoms with van der Waals surface area (Å²) in [5.41, 5.74) is 1.32. The van der Waals surface area contributed by atoms with Gasteiger partial charge in [0.15, 0.2) is 11.5 Å². The molecule has 0 radical (unpaired) electrons. The van der Waals surface area contributed by atoms with Crippen molar-refractivity contribution in [2.45, 2.75) is 13.8 Å². The molecule has 6 nitrogen and oxygen atoms in total. The second kappa shape index (κ2) is 9.60. The van der Waals surface area contributed by atoms with Crippen molar-refractivity contribution in [1.29, 1.82) is 0 Å². The maximum Gasteiger partial charge on any atom is 0.251 e. The van der Waals surface area contributed by atoms with Gasteiger partial charge in [0.2, 0.25) is 0 Å². The van der Waals surface area contributed by atoms with Crippen LogP contribution in [0.3, 0.4) is 0 Å². The molecule has 0 aliphatic rings. The molecule has 0 atom stereocenters. The number of nitrogens with one attached hydrogen (secondary N) is 1. The second-order valence-electron chi connectivity index (χ2n) is 5.96. The Hall–Kier alpha value is -3.28. The molecule has 1 aromatic heterocycles. The summed E-state index contributed by atoms with van der Waals surface area (Å²) in [6.07, 6.45) is 1.73. The number of para-hydroxylation sites is 1. The van der Waals surface area contributed by atoms with Gasteiger partial charge < -0.3 is 19.5 Å². The third-order valence-electron chi connectivity index (χ3n) is 4.05. The number of ether oxygens (including phenoxy) is 3. The van der Waals surface area contributed by atoms with Crippen molar-refractivity contribution in [1.82, 2.24) is 10.3 Å². The van der Waals surface area contributed by atoms with Crippen LogP contribution in [0.25, 0.3) is 10.9 Å². The summed E-state index contributed by atoms with van der Waals surface area (Å²) in [5.74, 6) is 1.71. The summed E-state index contributed by atoms with van der Waals surface area (Å²) in [5, 5.41) is 3.87. The summed E-state index contributed by atoms with van der Waals surface area (Å²) < 4.78 is 16.9. The van der Waals surface area contributed by atoms with Crippen LogP contribution in [0.5, 0.6) is 17.2 Å². The van der Waals surface area contributed by atoms with E-state index in [4.69, 9.17) is 14.2 Å². The number of rotatable bonds is 9. The first-order chi connectivity index (χ1) is 13.7. The Bertz CT molecular complexity index is 937. The smallest absolute Gasteiger partial charge is 0.251 e. The molecule has 0 bridgehead atoms. The summed E-state index contributed by atoms with van der Waals surface area (Å²) >= 11 is 0. The molecule has 146 valence electrons. The molecule has 0 fully saturated rings. The van der Waals surface area contributed by atoms with Crippen LogP contribution in [0, 0.1) is 0 Å². The molecular formula is C22H24N2O4. The van der Waals surface area contributed by atoms with Crippen LogP contribution in [0.4, 0.5) is 0 Å². The van der Waals surface area contributed by atoms with E-state index in [1.54, 1.807) is 24.4 Å². The highest BCUT2D eigenvalue weighted by Gasteiger charge is 2.11. The molecule has 0 spiro atoms. The minimum absolute atomic E-state index is 0.191. The molecule has 6 heteroatoms. The Morgan fingerprint density at radius 2 is 1.71 bits per heavy atom. The van der Waals surface area contributed by atoms with Gasteiger partial charge in [-0.25, -0.2) is 0 Å². The van der Waals surface area contributed by atoms with Gasteiger partial charge in [-0.2, -0.15) is 0 Å². The predicted octanol–water partition coefficient (Wildman–Crippen LogP) is 3.84. The Morgan fingerprint density at radius 3 is 2.54 bits per heavy atom. The highest BCUT2D eigenvalue weighted by molar-refractivity contribution is 5.94. The second-order valence-corrected chi connectivity index (χ2v) is 5.96. The highest BCUT2D eigenvalue weighted by Crippen LogP contribution is 2.28. The number of hydrogen-bond donors (Lipinski definition) is 1. The average Bonchev–Trinajstić information content (AvgIpc) is 2.72. The summed E-state index contributed by atoms with van der Waals surface area (Å²) in [6.45, 7) is 5.55. The Morgan fingerprint density at radius 1 is 0.929 bits per heavy atom. The molecule has 0 aliphatic carbocycles. The summed E-state index contributed by atoms with van der Waals surface area (Å²) in [6, 6.07) is 14.8. The number of nitrogens with zero attached hydrogens (tertiary/aromatic N) is 1. The van der Waals surface area contributed by atoms with Crippen LogP contribution >= 0.6 is 0 Å². The van der Waals surface area contributed by atoms with Crippen LogP contribution < -0.4 is 19.5 Å². The van der Waals surface area contributed by atoms with Crippen molar-refractivity contribution in [3.63, 3.8) is 0 Å². The molecule has 0 saturated heterocycles. The van der Waals surface area contributed by atoms with E-state index in [0.29, 0.717) is 49.2 Å². The van der Waals surface area contributed by atoms with Gasteiger partial charge in [0.05, 0.1) is 19.8 Å². The minimum atomic E-state index is -0.191. The van der Waals surface area contributed by atoms with Crippen molar-refractivity contribution >= 4 is 16.8 Å². The van der Waals surface area contributed by atoms with E-state index in [-0.39, 0.29) is 5.91 Å². The lowest BCUT2D eigenvalue weighted by molar-refractivity contribution is 0.0946. The molecule has 0 saturated carbocycles.